The van der Waals surface area contributed by atoms with Crippen LogP contribution in [0.3, 0.4) is 0 Å². The van der Waals surface area contributed by atoms with Crippen LogP contribution in [-0.2, 0) is 30.6 Å². The second-order valence-electron chi connectivity index (χ2n) is 5.38. The molecule has 0 saturated heterocycles. The van der Waals surface area contributed by atoms with Crippen molar-refractivity contribution in [3.05, 3.63) is 36.8 Å². The van der Waals surface area contributed by atoms with Gasteiger partial charge in [-0.1, -0.05) is 49.0 Å². The first-order valence-corrected chi connectivity index (χ1v) is 8.51. The van der Waals surface area contributed by atoms with Crippen molar-refractivity contribution in [2.45, 2.75) is 44.2 Å². The smallest absolute Gasteiger partial charge is 0.134 e. The van der Waals surface area contributed by atoms with Crippen LogP contribution in [0, 0.1) is 6.92 Å². The maximum atomic E-state index is 11.3. The standard InChI is InChI=1S/C15H20OSi.Pd/c1-4-9-17(3)14-8-6-5-7-13(14)15(2)10-12(16)11-15;/h5-8H,1,4,9-11H2,2-3H3;/q-1;. The normalized spacial score (nSPS) is 17.2. The van der Waals surface area contributed by atoms with Crippen molar-refractivity contribution in [1.29, 1.82) is 0 Å². The third-order valence-corrected chi connectivity index (χ3v) is 6.22. The van der Waals surface area contributed by atoms with E-state index in [2.05, 4.69) is 44.7 Å². The summed E-state index contributed by atoms with van der Waals surface area (Å²) in [5.74, 6) is 0.407. The minimum atomic E-state index is -0.497. The van der Waals surface area contributed by atoms with Crippen LogP contribution in [0.4, 0.5) is 0 Å². The molecule has 0 spiro atoms. The van der Waals surface area contributed by atoms with E-state index in [0.29, 0.717) is 5.78 Å². The Hall–Kier alpha value is -0.231. The van der Waals surface area contributed by atoms with Gasteiger partial charge in [0, 0.05) is 38.7 Å². The van der Waals surface area contributed by atoms with Gasteiger partial charge in [0.1, 0.15) is 5.78 Å². The molecule has 0 amide bonds. The zero-order chi connectivity index (χ0) is 12.5. The SMILES string of the molecule is [CH2-]CC[Si](C)c1ccccc1C1(C)CC(=O)C1.[Pd]. The Balaban J connectivity index is 0.00000162. The Labute approximate surface area is 126 Å². The van der Waals surface area contributed by atoms with Gasteiger partial charge >= 0.3 is 0 Å². The fourth-order valence-corrected chi connectivity index (χ4v) is 4.82. The summed E-state index contributed by atoms with van der Waals surface area (Å²) in [7, 11) is -0.497. The van der Waals surface area contributed by atoms with Gasteiger partial charge in [0.05, 0.1) is 8.80 Å². The van der Waals surface area contributed by atoms with Crippen molar-refractivity contribution in [3.63, 3.8) is 0 Å². The molecule has 0 aliphatic heterocycles. The largest absolute Gasteiger partial charge is 0.344 e. The predicted molar refractivity (Wildman–Crippen MR) is 74.1 cm³/mol. The maximum absolute atomic E-state index is 11.3. The van der Waals surface area contributed by atoms with Gasteiger partial charge in [0.25, 0.3) is 0 Å². The number of hydrogen-bond donors (Lipinski definition) is 0. The van der Waals surface area contributed by atoms with E-state index < -0.39 is 8.80 Å². The molecule has 1 nitrogen and oxygen atoms in total. The molecular weight excluding hydrogens is 331 g/mol. The van der Waals surface area contributed by atoms with Gasteiger partial charge in [0.15, 0.2) is 0 Å². The van der Waals surface area contributed by atoms with E-state index in [0.717, 1.165) is 19.3 Å². The van der Waals surface area contributed by atoms with Crippen LogP contribution in [0.25, 0.3) is 0 Å². The molecule has 1 saturated carbocycles. The topological polar surface area (TPSA) is 17.1 Å². The van der Waals surface area contributed by atoms with Crippen LogP contribution < -0.4 is 5.19 Å². The van der Waals surface area contributed by atoms with E-state index in [1.54, 1.807) is 0 Å². The summed E-state index contributed by atoms with van der Waals surface area (Å²) in [5, 5.41) is 1.51. The quantitative estimate of drug-likeness (QED) is 0.603. The fraction of sp³-hybridized carbons (Fsp3) is 0.467. The summed E-state index contributed by atoms with van der Waals surface area (Å²) in [6.45, 7) is 8.55. The average molecular weight is 351 g/mol. The number of carbonyl (C=O) groups is 1. The molecule has 1 aromatic rings. The summed E-state index contributed by atoms with van der Waals surface area (Å²) in [6, 6.07) is 9.92. The Morgan fingerprint density at radius 1 is 1.33 bits per heavy atom. The Morgan fingerprint density at radius 2 is 1.94 bits per heavy atom. The summed E-state index contributed by atoms with van der Waals surface area (Å²) in [6.07, 6.45) is 2.46. The van der Waals surface area contributed by atoms with Crippen molar-refractivity contribution in [2.24, 2.45) is 0 Å². The number of ketones is 1. The molecule has 0 heterocycles. The summed E-state index contributed by atoms with van der Waals surface area (Å²) in [4.78, 5) is 11.3. The molecule has 1 aliphatic carbocycles. The summed E-state index contributed by atoms with van der Waals surface area (Å²) in [5.41, 5.74) is 1.53. The van der Waals surface area contributed by atoms with E-state index in [-0.39, 0.29) is 25.8 Å². The van der Waals surface area contributed by atoms with Crippen LogP contribution in [0.15, 0.2) is 24.3 Å². The number of benzene rings is 1. The number of Topliss-reactive ketones (excluding diaryl/α,β-unsaturated/α-hetero) is 1. The van der Waals surface area contributed by atoms with Crippen LogP contribution in [0.1, 0.15) is 31.7 Å². The van der Waals surface area contributed by atoms with Gasteiger partial charge in [0.2, 0.25) is 0 Å². The van der Waals surface area contributed by atoms with Crippen molar-refractivity contribution < 1.29 is 25.2 Å². The van der Waals surface area contributed by atoms with E-state index in [9.17, 15) is 4.79 Å². The van der Waals surface area contributed by atoms with E-state index >= 15 is 0 Å². The molecule has 0 bridgehead atoms. The van der Waals surface area contributed by atoms with Crippen LogP contribution in [0.2, 0.25) is 12.6 Å². The molecule has 18 heavy (non-hydrogen) atoms. The van der Waals surface area contributed by atoms with Gasteiger partial charge < -0.3 is 6.92 Å². The molecule has 101 valence electrons. The van der Waals surface area contributed by atoms with Crippen LogP contribution in [0.5, 0.6) is 0 Å². The number of carbonyl (C=O) groups excluding carboxylic acids is 1. The molecular formula is C15H20OPdSi-. The average Bonchev–Trinajstić information content (AvgIpc) is 2.27. The first-order chi connectivity index (χ1) is 8.07. The molecule has 0 aromatic heterocycles. The predicted octanol–water partition coefficient (Wildman–Crippen LogP) is 2.86. The second kappa shape index (κ2) is 6.28. The molecule has 1 aliphatic rings. The van der Waals surface area contributed by atoms with Gasteiger partial charge in [-0.2, -0.15) is 6.42 Å². The van der Waals surface area contributed by atoms with Crippen LogP contribution >= 0.6 is 0 Å². The van der Waals surface area contributed by atoms with Gasteiger partial charge in [-0.05, 0) is 5.56 Å². The fourth-order valence-electron chi connectivity index (χ4n) is 2.79. The molecule has 0 atom stereocenters. The Morgan fingerprint density at radius 3 is 2.50 bits per heavy atom. The van der Waals surface area contributed by atoms with Crippen molar-refractivity contribution in [2.75, 3.05) is 0 Å². The third-order valence-electron chi connectivity index (χ3n) is 3.76. The van der Waals surface area contributed by atoms with Gasteiger partial charge in [-0.3, -0.25) is 4.79 Å². The number of hydrogen-bond acceptors (Lipinski definition) is 1. The van der Waals surface area contributed by atoms with Crippen molar-refractivity contribution in [1.82, 2.24) is 0 Å². The number of rotatable bonds is 4. The first kappa shape index (κ1) is 15.8. The van der Waals surface area contributed by atoms with Gasteiger partial charge in [-0.15, -0.1) is 0 Å². The minimum Gasteiger partial charge on any atom is -0.344 e. The molecule has 0 unspecified atom stereocenters. The summed E-state index contributed by atoms with van der Waals surface area (Å²) >= 11 is 0. The van der Waals surface area contributed by atoms with Gasteiger partial charge in [-0.25, -0.2) is 0 Å². The first-order valence-electron chi connectivity index (χ1n) is 6.30. The molecule has 0 N–H and O–H groups in total. The Kier molecular flexibility index (Phi) is 5.52. The molecule has 1 fully saturated rings. The molecule has 1 radical (unpaired) electrons. The van der Waals surface area contributed by atoms with E-state index in [1.807, 2.05) is 0 Å². The van der Waals surface area contributed by atoms with Crippen LogP contribution in [-0.4, -0.2) is 14.6 Å². The molecule has 3 heteroatoms. The minimum absolute atomic E-state index is 0. The summed E-state index contributed by atoms with van der Waals surface area (Å²) < 4.78 is 0. The van der Waals surface area contributed by atoms with Crippen molar-refractivity contribution in [3.8, 4) is 0 Å². The Bertz CT molecular complexity index is 422. The van der Waals surface area contributed by atoms with E-state index in [1.165, 1.54) is 16.8 Å². The zero-order valence-corrected chi connectivity index (χ0v) is 13.6. The second-order valence-corrected chi connectivity index (χ2v) is 7.98. The van der Waals surface area contributed by atoms with Crippen molar-refractivity contribution >= 4 is 19.8 Å². The van der Waals surface area contributed by atoms with E-state index in [4.69, 9.17) is 0 Å². The maximum Gasteiger partial charge on any atom is 0.134 e. The third kappa shape index (κ3) is 3.02. The zero-order valence-electron chi connectivity index (χ0n) is 11.1. The molecule has 2 rings (SSSR count). The monoisotopic (exact) mass is 350 g/mol. The molecule has 1 aromatic carbocycles.